The maximum atomic E-state index is 13.2. The first kappa shape index (κ1) is 11.1. The van der Waals surface area contributed by atoms with Crippen molar-refractivity contribution in [3.63, 3.8) is 0 Å². The highest BCUT2D eigenvalue weighted by Crippen LogP contribution is 2.14. The molecule has 0 bridgehead atoms. The number of hydrogen-bond donors (Lipinski definition) is 0. The van der Waals surface area contributed by atoms with E-state index in [0.717, 1.165) is 0 Å². The summed E-state index contributed by atoms with van der Waals surface area (Å²) in [6, 6.07) is 8.00. The predicted octanol–water partition coefficient (Wildman–Crippen LogP) is 1.37. The molecule has 17 heavy (non-hydrogen) atoms. The number of aromatic nitrogens is 3. The quantitative estimate of drug-likeness (QED) is 0.798. The van der Waals surface area contributed by atoms with Gasteiger partial charge in [0.15, 0.2) is 11.6 Å². The summed E-state index contributed by atoms with van der Waals surface area (Å²) in [6.45, 7) is 0.665. The summed E-state index contributed by atoms with van der Waals surface area (Å²) in [7, 11) is 0. The van der Waals surface area contributed by atoms with Crippen molar-refractivity contribution < 1.29 is 9.13 Å². The number of hydrogen-bond acceptors (Lipinski definition) is 4. The van der Waals surface area contributed by atoms with Gasteiger partial charge in [-0.15, -0.1) is 5.10 Å². The highest BCUT2D eigenvalue weighted by Gasteiger charge is 2.02. The molecule has 0 aliphatic rings. The number of halogens is 1. The molecule has 0 N–H and O–H groups in total. The van der Waals surface area contributed by atoms with Crippen LogP contribution >= 0.6 is 0 Å². The van der Waals surface area contributed by atoms with E-state index in [-0.39, 0.29) is 18.2 Å². The minimum Gasteiger partial charge on any atom is -0.489 e. The molecule has 0 fully saturated rings. The van der Waals surface area contributed by atoms with Gasteiger partial charge in [-0.1, -0.05) is 12.1 Å². The standard InChI is InChI=1S/C11H9FN4O/c12-9-3-1-2-4-10(9)17-6-5-16-8-14-11(7-13)15-16/h1-4,8H,5-6H2. The molecular weight excluding hydrogens is 223 g/mol. The highest BCUT2D eigenvalue weighted by atomic mass is 19.1. The van der Waals surface area contributed by atoms with E-state index in [1.807, 2.05) is 6.07 Å². The van der Waals surface area contributed by atoms with Gasteiger partial charge in [-0.05, 0) is 12.1 Å². The molecule has 86 valence electrons. The topological polar surface area (TPSA) is 63.7 Å². The fraction of sp³-hybridized carbons (Fsp3) is 0.182. The number of ether oxygens (including phenoxy) is 1. The van der Waals surface area contributed by atoms with Gasteiger partial charge in [0.1, 0.15) is 19.0 Å². The van der Waals surface area contributed by atoms with Crippen LogP contribution in [-0.2, 0) is 6.54 Å². The van der Waals surface area contributed by atoms with E-state index in [1.165, 1.54) is 17.1 Å². The Morgan fingerprint density at radius 1 is 1.41 bits per heavy atom. The molecule has 1 aromatic heterocycles. The summed E-state index contributed by atoms with van der Waals surface area (Å²) >= 11 is 0. The minimum atomic E-state index is -0.399. The first-order chi connectivity index (χ1) is 8.29. The second-order valence-corrected chi connectivity index (χ2v) is 3.22. The van der Waals surface area contributed by atoms with E-state index < -0.39 is 5.82 Å². The lowest BCUT2D eigenvalue weighted by atomic mass is 10.3. The Hall–Kier alpha value is -2.42. The molecular formula is C11H9FN4O. The molecule has 0 aliphatic heterocycles. The summed E-state index contributed by atoms with van der Waals surface area (Å²) in [5.41, 5.74) is 0. The predicted molar refractivity (Wildman–Crippen MR) is 56.6 cm³/mol. The molecule has 2 rings (SSSR count). The molecule has 5 nitrogen and oxygen atoms in total. The number of nitrogens with zero attached hydrogens (tertiary/aromatic N) is 4. The molecule has 1 heterocycles. The van der Waals surface area contributed by atoms with Gasteiger partial charge in [0.25, 0.3) is 5.82 Å². The second kappa shape index (κ2) is 5.07. The van der Waals surface area contributed by atoms with Gasteiger partial charge in [0.05, 0.1) is 6.54 Å². The van der Waals surface area contributed by atoms with E-state index in [9.17, 15) is 4.39 Å². The smallest absolute Gasteiger partial charge is 0.252 e. The summed E-state index contributed by atoms with van der Waals surface area (Å²) in [4.78, 5) is 3.74. The van der Waals surface area contributed by atoms with Crippen LogP contribution in [0.25, 0.3) is 0 Å². The van der Waals surface area contributed by atoms with E-state index in [0.29, 0.717) is 6.54 Å². The molecule has 0 radical (unpaired) electrons. The Bertz CT molecular complexity index is 546. The van der Waals surface area contributed by atoms with Gasteiger partial charge >= 0.3 is 0 Å². The third kappa shape index (κ3) is 2.78. The average molecular weight is 232 g/mol. The molecule has 0 saturated heterocycles. The first-order valence-electron chi connectivity index (χ1n) is 4.96. The Morgan fingerprint density at radius 3 is 2.94 bits per heavy atom. The lowest BCUT2D eigenvalue weighted by molar-refractivity contribution is 0.278. The van der Waals surface area contributed by atoms with E-state index in [4.69, 9.17) is 10.00 Å². The van der Waals surface area contributed by atoms with Crippen LogP contribution in [0.5, 0.6) is 5.75 Å². The van der Waals surface area contributed by atoms with Crippen molar-refractivity contribution in [3.8, 4) is 11.8 Å². The van der Waals surface area contributed by atoms with Gasteiger partial charge in [-0.3, -0.25) is 0 Å². The summed E-state index contributed by atoms with van der Waals surface area (Å²) in [5.74, 6) is -0.0900. The minimum absolute atomic E-state index is 0.107. The molecule has 0 unspecified atom stereocenters. The highest BCUT2D eigenvalue weighted by molar-refractivity contribution is 5.23. The van der Waals surface area contributed by atoms with E-state index in [2.05, 4.69) is 10.1 Å². The van der Waals surface area contributed by atoms with Gasteiger partial charge in [-0.2, -0.15) is 5.26 Å². The van der Waals surface area contributed by atoms with Crippen LogP contribution < -0.4 is 4.74 Å². The third-order valence-electron chi connectivity index (χ3n) is 2.05. The van der Waals surface area contributed by atoms with Crippen molar-refractivity contribution in [1.29, 1.82) is 5.26 Å². The van der Waals surface area contributed by atoms with Gasteiger partial charge in [0.2, 0.25) is 0 Å². The first-order valence-corrected chi connectivity index (χ1v) is 4.96. The van der Waals surface area contributed by atoms with Crippen molar-refractivity contribution in [2.75, 3.05) is 6.61 Å². The van der Waals surface area contributed by atoms with E-state index >= 15 is 0 Å². The van der Waals surface area contributed by atoms with Crippen molar-refractivity contribution >= 4 is 0 Å². The van der Waals surface area contributed by atoms with Crippen LogP contribution in [-0.4, -0.2) is 21.4 Å². The van der Waals surface area contributed by atoms with Crippen LogP contribution in [0.15, 0.2) is 30.6 Å². The Kier molecular flexibility index (Phi) is 3.31. The zero-order valence-corrected chi connectivity index (χ0v) is 8.88. The van der Waals surface area contributed by atoms with Gasteiger partial charge in [-0.25, -0.2) is 14.1 Å². The maximum Gasteiger partial charge on any atom is 0.252 e. The lowest BCUT2D eigenvalue weighted by Crippen LogP contribution is -2.09. The molecule has 0 amide bonds. The molecule has 0 spiro atoms. The maximum absolute atomic E-state index is 13.2. The van der Waals surface area contributed by atoms with Crippen LogP contribution in [0.4, 0.5) is 4.39 Å². The largest absolute Gasteiger partial charge is 0.489 e. The van der Waals surface area contributed by atoms with Crippen LogP contribution in [0, 0.1) is 17.1 Å². The number of nitriles is 1. The SMILES string of the molecule is N#Cc1ncn(CCOc2ccccc2F)n1. The molecule has 0 atom stereocenters. The second-order valence-electron chi connectivity index (χ2n) is 3.22. The lowest BCUT2D eigenvalue weighted by Gasteiger charge is -2.06. The zero-order chi connectivity index (χ0) is 12.1. The van der Waals surface area contributed by atoms with Gasteiger partial charge < -0.3 is 4.74 Å². The number of benzene rings is 1. The van der Waals surface area contributed by atoms with Crippen molar-refractivity contribution in [2.24, 2.45) is 0 Å². The summed E-state index contributed by atoms with van der Waals surface area (Å²) in [5, 5.41) is 12.4. The van der Waals surface area contributed by atoms with Crippen molar-refractivity contribution in [1.82, 2.24) is 14.8 Å². The van der Waals surface area contributed by atoms with Crippen LogP contribution in [0.1, 0.15) is 5.82 Å². The number of para-hydroxylation sites is 1. The molecule has 0 aliphatic carbocycles. The van der Waals surface area contributed by atoms with Gasteiger partial charge in [0, 0.05) is 0 Å². The normalized spacial score (nSPS) is 9.88. The fourth-order valence-electron chi connectivity index (χ4n) is 1.26. The van der Waals surface area contributed by atoms with Crippen LogP contribution in [0.3, 0.4) is 0 Å². The number of rotatable bonds is 4. The Morgan fingerprint density at radius 2 is 2.24 bits per heavy atom. The molecule has 0 saturated carbocycles. The molecule has 2 aromatic rings. The molecule has 6 heteroatoms. The zero-order valence-electron chi connectivity index (χ0n) is 8.88. The Labute approximate surface area is 97.1 Å². The summed E-state index contributed by atoms with van der Waals surface area (Å²) < 4.78 is 19.9. The molecule has 1 aromatic carbocycles. The Balaban J connectivity index is 1.88. The van der Waals surface area contributed by atoms with Crippen LogP contribution in [0.2, 0.25) is 0 Å². The fourth-order valence-corrected chi connectivity index (χ4v) is 1.26. The third-order valence-corrected chi connectivity index (χ3v) is 2.05. The monoisotopic (exact) mass is 232 g/mol. The van der Waals surface area contributed by atoms with E-state index in [1.54, 1.807) is 18.2 Å². The average Bonchev–Trinajstić information content (AvgIpc) is 2.80. The van der Waals surface area contributed by atoms with Crippen molar-refractivity contribution in [3.05, 3.63) is 42.2 Å². The summed E-state index contributed by atoms with van der Waals surface area (Å²) in [6.07, 6.45) is 1.43. The van der Waals surface area contributed by atoms with Crippen molar-refractivity contribution in [2.45, 2.75) is 6.54 Å².